The maximum Gasteiger partial charge on any atom is 0.201 e. The number of piperidine rings is 1. The zero-order chi connectivity index (χ0) is 12.4. The van der Waals surface area contributed by atoms with Crippen molar-refractivity contribution in [2.24, 2.45) is 4.99 Å². The van der Waals surface area contributed by atoms with Crippen LogP contribution in [0.1, 0.15) is 30.9 Å². The van der Waals surface area contributed by atoms with Crippen LogP contribution in [0.4, 0.5) is 0 Å². The van der Waals surface area contributed by atoms with Gasteiger partial charge in [-0.25, -0.2) is 4.99 Å². The van der Waals surface area contributed by atoms with E-state index in [2.05, 4.69) is 10.3 Å². The number of ether oxygens (including phenoxy) is 1. The number of hydrogen-bond acceptors (Lipinski definition) is 3. The third-order valence-corrected chi connectivity index (χ3v) is 3.88. The SMILES string of the molecule is Clc1ccccc1C1CN=C(C2CCCCN2)O1. The van der Waals surface area contributed by atoms with Crippen molar-refractivity contribution in [3.05, 3.63) is 34.9 Å². The molecule has 2 unspecified atom stereocenters. The van der Waals surface area contributed by atoms with Crippen molar-refractivity contribution in [2.45, 2.75) is 31.4 Å². The molecule has 0 bridgehead atoms. The van der Waals surface area contributed by atoms with Gasteiger partial charge in [-0.2, -0.15) is 0 Å². The number of halogens is 1. The first-order valence-corrected chi connectivity index (χ1v) is 6.91. The van der Waals surface area contributed by atoms with Gasteiger partial charge in [-0.15, -0.1) is 0 Å². The number of benzene rings is 1. The van der Waals surface area contributed by atoms with Gasteiger partial charge in [0.25, 0.3) is 0 Å². The Labute approximate surface area is 112 Å². The van der Waals surface area contributed by atoms with Crippen LogP contribution in [0.3, 0.4) is 0 Å². The summed E-state index contributed by atoms with van der Waals surface area (Å²) < 4.78 is 5.97. The Balaban J connectivity index is 1.68. The summed E-state index contributed by atoms with van der Waals surface area (Å²) in [7, 11) is 0. The van der Waals surface area contributed by atoms with E-state index < -0.39 is 0 Å². The Bertz CT molecular complexity index is 455. The fraction of sp³-hybridized carbons (Fsp3) is 0.500. The van der Waals surface area contributed by atoms with Gasteiger partial charge in [0.1, 0.15) is 6.10 Å². The molecule has 1 aromatic rings. The predicted molar refractivity (Wildman–Crippen MR) is 73.2 cm³/mol. The van der Waals surface area contributed by atoms with Crippen molar-refractivity contribution in [3.63, 3.8) is 0 Å². The fourth-order valence-electron chi connectivity index (χ4n) is 2.55. The molecule has 3 nitrogen and oxygen atoms in total. The highest BCUT2D eigenvalue weighted by Crippen LogP contribution is 2.30. The van der Waals surface area contributed by atoms with Crippen molar-refractivity contribution in [1.29, 1.82) is 0 Å². The van der Waals surface area contributed by atoms with Gasteiger partial charge in [0.2, 0.25) is 5.90 Å². The van der Waals surface area contributed by atoms with Crippen LogP contribution >= 0.6 is 11.6 Å². The minimum atomic E-state index is -0.0163. The third-order valence-electron chi connectivity index (χ3n) is 3.54. The smallest absolute Gasteiger partial charge is 0.201 e. The minimum absolute atomic E-state index is 0.0163. The van der Waals surface area contributed by atoms with E-state index in [9.17, 15) is 0 Å². The van der Waals surface area contributed by atoms with Gasteiger partial charge in [0, 0.05) is 10.6 Å². The zero-order valence-corrected chi connectivity index (χ0v) is 11.0. The van der Waals surface area contributed by atoms with Gasteiger partial charge in [-0.3, -0.25) is 0 Å². The molecule has 2 aliphatic heterocycles. The highest BCUT2D eigenvalue weighted by molar-refractivity contribution is 6.31. The molecule has 0 amide bonds. The molecule has 18 heavy (non-hydrogen) atoms. The molecule has 2 heterocycles. The lowest BCUT2D eigenvalue weighted by Crippen LogP contribution is -2.40. The Kier molecular flexibility index (Phi) is 3.52. The van der Waals surface area contributed by atoms with Crippen LogP contribution in [-0.4, -0.2) is 25.0 Å². The topological polar surface area (TPSA) is 33.6 Å². The minimum Gasteiger partial charge on any atom is -0.470 e. The van der Waals surface area contributed by atoms with Crippen LogP contribution in [0, 0.1) is 0 Å². The maximum absolute atomic E-state index is 6.19. The maximum atomic E-state index is 6.19. The summed E-state index contributed by atoms with van der Waals surface area (Å²) in [6.07, 6.45) is 3.60. The molecule has 0 radical (unpaired) electrons. The summed E-state index contributed by atoms with van der Waals surface area (Å²) in [5.41, 5.74) is 1.04. The molecule has 0 aliphatic carbocycles. The summed E-state index contributed by atoms with van der Waals surface area (Å²) in [5, 5.41) is 4.22. The van der Waals surface area contributed by atoms with Gasteiger partial charge >= 0.3 is 0 Å². The van der Waals surface area contributed by atoms with E-state index in [0.29, 0.717) is 12.6 Å². The van der Waals surface area contributed by atoms with Gasteiger partial charge in [0.05, 0.1) is 12.6 Å². The second-order valence-electron chi connectivity index (χ2n) is 4.81. The summed E-state index contributed by atoms with van der Waals surface area (Å²) in [5.74, 6) is 0.861. The highest BCUT2D eigenvalue weighted by Gasteiger charge is 2.29. The molecule has 0 spiro atoms. The molecule has 0 saturated carbocycles. The molecule has 1 fully saturated rings. The Morgan fingerprint density at radius 1 is 1.28 bits per heavy atom. The molecule has 0 aromatic heterocycles. The van der Waals surface area contributed by atoms with Crippen molar-refractivity contribution in [1.82, 2.24) is 5.32 Å². The average Bonchev–Trinajstić information content (AvgIpc) is 2.90. The van der Waals surface area contributed by atoms with Crippen molar-refractivity contribution >= 4 is 17.5 Å². The largest absolute Gasteiger partial charge is 0.470 e. The highest BCUT2D eigenvalue weighted by atomic mass is 35.5. The summed E-state index contributed by atoms with van der Waals surface area (Å²) in [6, 6.07) is 8.13. The number of nitrogens with one attached hydrogen (secondary N) is 1. The Morgan fingerprint density at radius 3 is 2.94 bits per heavy atom. The lowest BCUT2D eigenvalue weighted by Gasteiger charge is -2.24. The fourth-order valence-corrected chi connectivity index (χ4v) is 2.80. The molecule has 4 heteroatoms. The van der Waals surface area contributed by atoms with E-state index in [-0.39, 0.29) is 6.10 Å². The number of rotatable bonds is 2. The quantitative estimate of drug-likeness (QED) is 0.891. The van der Waals surface area contributed by atoms with E-state index in [1.54, 1.807) is 0 Å². The van der Waals surface area contributed by atoms with E-state index in [1.807, 2.05) is 24.3 Å². The monoisotopic (exact) mass is 264 g/mol. The molecule has 2 aliphatic rings. The van der Waals surface area contributed by atoms with E-state index in [0.717, 1.165) is 29.4 Å². The normalized spacial score (nSPS) is 27.7. The Hall–Kier alpha value is -1.06. The van der Waals surface area contributed by atoms with Crippen LogP contribution in [0.15, 0.2) is 29.3 Å². The lowest BCUT2D eigenvalue weighted by atomic mass is 10.1. The Morgan fingerprint density at radius 2 is 2.17 bits per heavy atom. The van der Waals surface area contributed by atoms with Gasteiger partial charge < -0.3 is 10.1 Å². The number of nitrogens with zero attached hydrogens (tertiary/aromatic N) is 1. The van der Waals surface area contributed by atoms with Crippen LogP contribution < -0.4 is 5.32 Å². The number of hydrogen-bond donors (Lipinski definition) is 1. The first kappa shape index (κ1) is 12.0. The van der Waals surface area contributed by atoms with Crippen molar-refractivity contribution in [3.8, 4) is 0 Å². The molecule has 96 valence electrons. The third kappa shape index (κ3) is 2.38. The number of aliphatic imine (C=N–C) groups is 1. The van der Waals surface area contributed by atoms with Gasteiger partial charge in [0.15, 0.2) is 0 Å². The van der Waals surface area contributed by atoms with E-state index in [4.69, 9.17) is 16.3 Å². The molecule has 1 N–H and O–H groups in total. The van der Waals surface area contributed by atoms with Gasteiger partial charge in [-0.1, -0.05) is 36.2 Å². The van der Waals surface area contributed by atoms with Gasteiger partial charge in [-0.05, 0) is 25.5 Å². The first-order chi connectivity index (χ1) is 8.84. The zero-order valence-electron chi connectivity index (χ0n) is 10.2. The average molecular weight is 265 g/mol. The molecule has 2 atom stereocenters. The molecule has 1 aromatic carbocycles. The predicted octanol–water partition coefficient (Wildman–Crippen LogP) is 2.95. The summed E-state index contributed by atoms with van der Waals surface area (Å²) in [4.78, 5) is 4.53. The van der Waals surface area contributed by atoms with Crippen molar-refractivity contribution < 1.29 is 4.74 Å². The van der Waals surface area contributed by atoms with E-state index >= 15 is 0 Å². The van der Waals surface area contributed by atoms with Crippen molar-refractivity contribution in [2.75, 3.05) is 13.1 Å². The summed E-state index contributed by atoms with van der Waals surface area (Å²) >= 11 is 6.19. The van der Waals surface area contributed by atoms with Crippen LogP contribution in [0.2, 0.25) is 5.02 Å². The van der Waals surface area contributed by atoms with E-state index in [1.165, 1.54) is 12.8 Å². The molecule has 3 rings (SSSR count). The lowest BCUT2D eigenvalue weighted by molar-refractivity contribution is 0.213. The molecule has 1 saturated heterocycles. The van der Waals surface area contributed by atoms with Crippen LogP contribution in [0.25, 0.3) is 0 Å². The van der Waals surface area contributed by atoms with Crippen LogP contribution in [-0.2, 0) is 4.74 Å². The molecular formula is C14H17ClN2O. The molecular weight excluding hydrogens is 248 g/mol. The second kappa shape index (κ2) is 5.29. The first-order valence-electron chi connectivity index (χ1n) is 6.53. The summed E-state index contributed by atoms with van der Waals surface area (Å²) in [6.45, 7) is 1.74. The standard InChI is InChI=1S/C14H17ClN2O/c15-11-6-2-1-5-10(11)13-9-17-14(18-13)12-7-3-4-8-16-12/h1-2,5-6,12-13,16H,3-4,7-9H2. The van der Waals surface area contributed by atoms with Crippen LogP contribution in [0.5, 0.6) is 0 Å². The second-order valence-corrected chi connectivity index (χ2v) is 5.22.